The van der Waals surface area contributed by atoms with E-state index in [0.29, 0.717) is 37.2 Å². The zero-order chi connectivity index (χ0) is 18.8. The molecule has 0 aliphatic heterocycles. The lowest BCUT2D eigenvalue weighted by Crippen LogP contribution is -2.26. The van der Waals surface area contributed by atoms with Gasteiger partial charge >= 0.3 is 0 Å². The monoisotopic (exact) mass is 348 g/mol. The largest absolute Gasteiger partial charge is 0.295 e. The van der Waals surface area contributed by atoms with E-state index in [1.54, 1.807) is 29.7 Å². The first-order chi connectivity index (χ1) is 12.6. The average Bonchev–Trinajstić information content (AvgIpc) is 2.69. The lowest BCUT2D eigenvalue weighted by Gasteiger charge is -2.22. The van der Waals surface area contributed by atoms with E-state index in [9.17, 15) is 4.79 Å². The van der Waals surface area contributed by atoms with Crippen LogP contribution in [0.4, 0.5) is 0 Å². The van der Waals surface area contributed by atoms with Crippen molar-refractivity contribution in [2.75, 3.05) is 6.54 Å². The van der Waals surface area contributed by atoms with E-state index in [4.69, 9.17) is 15.7 Å². The van der Waals surface area contributed by atoms with Crippen molar-refractivity contribution in [2.45, 2.75) is 25.9 Å². The fraction of sp³-hybridized carbons (Fsp3) is 0.250. The second kappa shape index (κ2) is 9.95. The molecule has 0 fully saturated rings. The van der Waals surface area contributed by atoms with E-state index in [-0.39, 0.29) is 6.42 Å². The zero-order valence-electron chi connectivity index (χ0n) is 14.4. The van der Waals surface area contributed by atoms with Crippen LogP contribution in [-0.2, 0) is 17.9 Å². The summed E-state index contributed by atoms with van der Waals surface area (Å²) in [6.07, 6.45) is 0.854. The van der Waals surface area contributed by atoms with Gasteiger partial charge in [-0.05, 0) is 48.4 Å². The van der Waals surface area contributed by atoms with Crippen molar-refractivity contribution >= 4 is 5.91 Å². The quantitative estimate of drug-likeness (QED) is 0.564. The van der Waals surface area contributed by atoms with Gasteiger partial charge in [0.25, 0.3) is 0 Å². The molecule has 0 saturated carbocycles. The molecule has 0 bridgehead atoms. The van der Waals surface area contributed by atoms with E-state index in [1.807, 2.05) is 24.3 Å². The number of nitriles is 2. The number of nitrogens with zero attached hydrogens (tertiary/aromatic N) is 3. The van der Waals surface area contributed by atoms with E-state index >= 15 is 0 Å². The highest BCUT2D eigenvalue weighted by Gasteiger charge is 2.09. The summed E-state index contributed by atoms with van der Waals surface area (Å²) < 4.78 is 0. The fourth-order valence-corrected chi connectivity index (χ4v) is 2.62. The highest BCUT2D eigenvalue weighted by molar-refractivity contribution is 5.74. The van der Waals surface area contributed by atoms with Gasteiger partial charge in [-0.1, -0.05) is 24.3 Å². The van der Waals surface area contributed by atoms with Crippen molar-refractivity contribution in [3.63, 3.8) is 0 Å². The lowest BCUT2D eigenvalue weighted by atomic mass is 10.1. The predicted molar refractivity (Wildman–Crippen MR) is 95.6 cm³/mol. The number of carbonyl (C=O) groups is 1. The van der Waals surface area contributed by atoms with Crippen LogP contribution in [0.2, 0.25) is 0 Å². The van der Waals surface area contributed by atoms with Gasteiger partial charge in [0.15, 0.2) is 0 Å². The first-order valence-corrected chi connectivity index (χ1v) is 8.28. The van der Waals surface area contributed by atoms with Gasteiger partial charge in [-0.15, -0.1) is 0 Å². The SMILES string of the molecule is N#Cc1ccc(CN(CCCC(=O)NO)Cc2ccc(C#N)cc2)cc1. The molecule has 1 amide bonds. The van der Waals surface area contributed by atoms with Crippen LogP contribution in [0.3, 0.4) is 0 Å². The second-order valence-corrected chi connectivity index (χ2v) is 5.97. The number of hydrogen-bond donors (Lipinski definition) is 2. The predicted octanol–water partition coefficient (Wildman–Crippen LogP) is 2.72. The number of carbonyl (C=O) groups excluding carboxylic acids is 1. The van der Waals surface area contributed by atoms with E-state index in [2.05, 4.69) is 17.0 Å². The smallest absolute Gasteiger partial charge is 0.243 e. The van der Waals surface area contributed by atoms with Crippen molar-refractivity contribution in [1.82, 2.24) is 10.4 Å². The lowest BCUT2D eigenvalue weighted by molar-refractivity contribution is -0.129. The number of rotatable bonds is 8. The van der Waals surface area contributed by atoms with Crippen molar-refractivity contribution in [3.05, 3.63) is 70.8 Å². The molecule has 6 nitrogen and oxygen atoms in total. The first kappa shape index (κ1) is 19.1. The molecule has 2 N–H and O–H groups in total. The Kier molecular flexibility index (Phi) is 7.32. The van der Waals surface area contributed by atoms with Crippen LogP contribution in [0, 0.1) is 22.7 Å². The average molecular weight is 348 g/mol. The second-order valence-electron chi connectivity index (χ2n) is 5.97. The van der Waals surface area contributed by atoms with Crippen molar-refractivity contribution in [3.8, 4) is 12.1 Å². The Balaban J connectivity index is 2.05. The summed E-state index contributed by atoms with van der Waals surface area (Å²) in [5.74, 6) is -0.401. The topological polar surface area (TPSA) is 100 Å². The van der Waals surface area contributed by atoms with Crippen molar-refractivity contribution in [1.29, 1.82) is 10.5 Å². The minimum Gasteiger partial charge on any atom is -0.295 e. The molecule has 0 aliphatic carbocycles. The van der Waals surface area contributed by atoms with Crippen LogP contribution in [0.5, 0.6) is 0 Å². The number of hydrogen-bond acceptors (Lipinski definition) is 5. The Morgan fingerprint density at radius 2 is 1.38 bits per heavy atom. The molecule has 0 radical (unpaired) electrons. The third kappa shape index (κ3) is 6.03. The van der Waals surface area contributed by atoms with Gasteiger partial charge in [0.1, 0.15) is 0 Å². The number of amides is 1. The van der Waals surface area contributed by atoms with E-state index < -0.39 is 5.91 Å². The molecule has 0 aliphatic rings. The molecule has 26 heavy (non-hydrogen) atoms. The molecule has 2 rings (SSSR count). The highest BCUT2D eigenvalue weighted by Crippen LogP contribution is 2.13. The normalized spacial score (nSPS) is 10.2. The summed E-state index contributed by atoms with van der Waals surface area (Å²) in [5.41, 5.74) is 5.03. The van der Waals surface area contributed by atoms with Crippen LogP contribution in [-0.4, -0.2) is 22.6 Å². The molecule has 2 aromatic rings. The third-order valence-electron chi connectivity index (χ3n) is 3.98. The maximum absolute atomic E-state index is 11.2. The Bertz CT molecular complexity index is 742. The minimum atomic E-state index is -0.401. The minimum absolute atomic E-state index is 0.244. The fourth-order valence-electron chi connectivity index (χ4n) is 2.62. The first-order valence-electron chi connectivity index (χ1n) is 8.28. The van der Waals surface area contributed by atoms with Gasteiger partial charge in [0, 0.05) is 19.5 Å². The molecule has 0 saturated heterocycles. The summed E-state index contributed by atoms with van der Waals surface area (Å²) >= 11 is 0. The zero-order valence-corrected chi connectivity index (χ0v) is 14.4. The Morgan fingerprint density at radius 1 is 0.923 bits per heavy atom. The Morgan fingerprint density at radius 3 is 1.77 bits per heavy atom. The van der Waals surface area contributed by atoms with Crippen molar-refractivity contribution in [2.24, 2.45) is 0 Å². The third-order valence-corrected chi connectivity index (χ3v) is 3.98. The van der Waals surface area contributed by atoms with Gasteiger partial charge < -0.3 is 0 Å². The molecule has 0 heterocycles. The molecular formula is C20H20N4O2. The van der Waals surface area contributed by atoms with Crippen LogP contribution in [0.15, 0.2) is 48.5 Å². The van der Waals surface area contributed by atoms with Crippen LogP contribution >= 0.6 is 0 Å². The number of nitrogens with one attached hydrogen (secondary N) is 1. The van der Waals surface area contributed by atoms with Gasteiger partial charge in [-0.2, -0.15) is 10.5 Å². The van der Waals surface area contributed by atoms with Crippen LogP contribution in [0.25, 0.3) is 0 Å². The van der Waals surface area contributed by atoms with E-state index in [0.717, 1.165) is 11.1 Å². The molecular weight excluding hydrogens is 328 g/mol. The summed E-state index contributed by atoms with van der Waals surface area (Å²) in [7, 11) is 0. The number of benzene rings is 2. The highest BCUT2D eigenvalue weighted by atomic mass is 16.5. The summed E-state index contributed by atoms with van der Waals surface area (Å²) in [6, 6.07) is 19.0. The summed E-state index contributed by atoms with van der Waals surface area (Å²) in [5, 5.41) is 26.4. The molecule has 0 unspecified atom stereocenters. The molecule has 0 aromatic heterocycles. The van der Waals surface area contributed by atoms with E-state index in [1.165, 1.54) is 0 Å². The van der Waals surface area contributed by atoms with Crippen molar-refractivity contribution < 1.29 is 10.0 Å². The summed E-state index contributed by atoms with van der Waals surface area (Å²) in [6.45, 7) is 2.02. The van der Waals surface area contributed by atoms with Gasteiger partial charge in [0.05, 0.1) is 23.3 Å². The Labute approximate surface area is 152 Å². The molecule has 132 valence electrons. The Hall–Kier alpha value is -3.19. The maximum Gasteiger partial charge on any atom is 0.243 e. The summed E-state index contributed by atoms with van der Waals surface area (Å²) in [4.78, 5) is 13.4. The van der Waals surface area contributed by atoms with Gasteiger partial charge in [-0.25, -0.2) is 5.48 Å². The van der Waals surface area contributed by atoms with Crippen LogP contribution in [0.1, 0.15) is 35.1 Å². The molecule has 6 heteroatoms. The molecule has 2 aromatic carbocycles. The molecule has 0 spiro atoms. The molecule has 0 atom stereocenters. The number of hydroxylamine groups is 1. The standard InChI is InChI=1S/C20H20N4O2/c21-12-16-3-7-18(8-4-16)14-24(11-1-2-20(25)23-26)15-19-9-5-17(13-22)6-10-19/h3-10,26H,1-2,11,14-15H2,(H,23,25). The van der Waals surface area contributed by atoms with Gasteiger partial charge in [-0.3, -0.25) is 14.9 Å². The van der Waals surface area contributed by atoms with Gasteiger partial charge in [0.2, 0.25) is 5.91 Å². The maximum atomic E-state index is 11.2. The van der Waals surface area contributed by atoms with Crippen LogP contribution < -0.4 is 5.48 Å².